The fourth-order valence-electron chi connectivity index (χ4n) is 2.68. The van der Waals surface area contributed by atoms with Gasteiger partial charge in [0.15, 0.2) is 17.3 Å². The molecule has 0 aliphatic rings. The van der Waals surface area contributed by atoms with E-state index in [1.807, 2.05) is 0 Å². The monoisotopic (exact) mass is 438 g/mol. The second kappa shape index (κ2) is 7.34. The van der Waals surface area contributed by atoms with Crippen molar-refractivity contribution < 1.29 is 22.3 Å². The lowest BCUT2D eigenvalue weighted by molar-refractivity contribution is -0.141. The molecule has 0 aliphatic heterocycles. The number of nitrogens with zero attached hydrogens (tertiary/aromatic N) is 3. The Morgan fingerprint density at radius 1 is 1.10 bits per heavy atom. The number of nitrogen functional groups attached to an aromatic ring is 1. The number of aromatic nitrogens is 4. The number of hydrogen-bond acceptors (Lipinski definition) is 6. The molecule has 7 nitrogen and oxygen atoms in total. The van der Waals surface area contributed by atoms with Gasteiger partial charge in [0.05, 0.1) is 10.4 Å². The van der Waals surface area contributed by atoms with E-state index >= 15 is 0 Å². The first kappa shape index (κ1) is 19.7. The third-order valence-corrected chi connectivity index (χ3v) is 4.24. The van der Waals surface area contributed by atoms with Gasteiger partial charge >= 0.3 is 6.18 Å². The summed E-state index contributed by atoms with van der Waals surface area (Å²) in [7, 11) is 0. The van der Waals surface area contributed by atoms with Crippen LogP contribution in [0.1, 0.15) is 5.69 Å². The summed E-state index contributed by atoms with van der Waals surface area (Å²) < 4.78 is 58.7. The second-order valence-corrected chi connectivity index (χ2v) is 6.44. The predicted molar refractivity (Wildman–Crippen MR) is 102 cm³/mol. The molecule has 0 atom stereocenters. The molecule has 0 unspecified atom stereocenters. The van der Waals surface area contributed by atoms with Crippen molar-refractivity contribution in [3.8, 4) is 11.5 Å². The molecule has 12 heteroatoms. The first-order valence-corrected chi connectivity index (χ1v) is 8.66. The molecule has 0 amide bonds. The molecule has 0 fully saturated rings. The minimum Gasteiger partial charge on any atom is -0.453 e. The molecular weight excluding hydrogens is 428 g/mol. The number of hydrogen-bond donors (Lipinski definition) is 3. The Kier molecular flexibility index (Phi) is 4.82. The van der Waals surface area contributed by atoms with Gasteiger partial charge in [-0.1, -0.05) is 11.6 Å². The largest absolute Gasteiger partial charge is 0.453 e. The number of ether oxygens (including phenoxy) is 1. The molecule has 3 aromatic heterocycles. The average molecular weight is 439 g/mol. The molecule has 154 valence electrons. The Balaban J connectivity index is 1.60. The quantitative estimate of drug-likeness (QED) is 0.374. The lowest BCUT2D eigenvalue weighted by atomic mass is 10.2. The van der Waals surface area contributed by atoms with Crippen LogP contribution in [0.4, 0.5) is 35.0 Å². The summed E-state index contributed by atoms with van der Waals surface area (Å²) in [6.07, 6.45) is -1.71. The van der Waals surface area contributed by atoms with E-state index in [0.29, 0.717) is 22.1 Å². The Bertz CT molecular complexity index is 1240. The SMILES string of the molecule is Nc1nc(Nc2ccc(Oc3ccnc4[nH]cc(Cl)c34)c(F)c2)cc(C(F)(F)F)n1. The Morgan fingerprint density at radius 2 is 1.90 bits per heavy atom. The number of nitrogens with two attached hydrogens (primary N) is 1. The van der Waals surface area contributed by atoms with Crippen LogP contribution in [0.5, 0.6) is 11.5 Å². The summed E-state index contributed by atoms with van der Waals surface area (Å²) >= 11 is 6.10. The van der Waals surface area contributed by atoms with Gasteiger partial charge < -0.3 is 20.8 Å². The van der Waals surface area contributed by atoms with Gasteiger partial charge in [-0.05, 0) is 18.2 Å². The van der Waals surface area contributed by atoms with Gasteiger partial charge in [-0.25, -0.2) is 14.4 Å². The first-order valence-electron chi connectivity index (χ1n) is 8.28. The molecule has 0 saturated carbocycles. The van der Waals surface area contributed by atoms with Crippen molar-refractivity contribution >= 4 is 40.1 Å². The van der Waals surface area contributed by atoms with Crippen LogP contribution in [0.3, 0.4) is 0 Å². The van der Waals surface area contributed by atoms with Crippen LogP contribution >= 0.6 is 11.6 Å². The van der Waals surface area contributed by atoms with Gasteiger partial charge in [0.1, 0.15) is 17.2 Å². The highest BCUT2D eigenvalue weighted by molar-refractivity contribution is 6.36. The van der Waals surface area contributed by atoms with E-state index in [1.165, 1.54) is 30.6 Å². The van der Waals surface area contributed by atoms with E-state index in [9.17, 15) is 17.6 Å². The van der Waals surface area contributed by atoms with Gasteiger partial charge in [-0.15, -0.1) is 0 Å². The molecule has 1 aromatic carbocycles. The van der Waals surface area contributed by atoms with E-state index in [0.717, 1.165) is 6.07 Å². The molecule has 0 aliphatic carbocycles. The highest BCUT2D eigenvalue weighted by Gasteiger charge is 2.33. The zero-order valence-electron chi connectivity index (χ0n) is 14.8. The smallest absolute Gasteiger partial charge is 0.433 e. The normalized spacial score (nSPS) is 11.6. The summed E-state index contributed by atoms with van der Waals surface area (Å²) in [4.78, 5) is 13.8. The number of H-pyrrole nitrogens is 1. The molecular formula is C18H11ClF4N6O. The number of fused-ring (bicyclic) bond motifs is 1. The van der Waals surface area contributed by atoms with Crippen molar-refractivity contribution in [2.24, 2.45) is 0 Å². The van der Waals surface area contributed by atoms with Crippen LogP contribution in [0.15, 0.2) is 42.7 Å². The van der Waals surface area contributed by atoms with Gasteiger partial charge in [0.2, 0.25) is 5.95 Å². The van der Waals surface area contributed by atoms with E-state index < -0.39 is 23.6 Å². The molecule has 0 bridgehead atoms. The molecule has 4 aromatic rings. The first-order chi connectivity index (χ1) is 14.2. The number of anilines is 3. The molecule has 0 saturated heterocycles. The number of benzene rings is 1. The summed E-state index contributed by atoms with van der Waals surface area (Å²) in [6, 6.07) is 5.94. The van der Waals surface area contributed by atoms with Crippen LogP contribution in [-0.4, -0.2) is 19.9 Å². The third kappa shape index (κ3) is 3.92. The number of alkyl halides is 3. The van der Waals surface area contributed by atoms with Crippen molar-refractivity contribution in [3.05, 3.63) is 59.3 Å². The molecule has 4 N–H and O–H groups in total. The van der Waals surface area contributed by atoms with Crippen molar-refractivity contribution in [3.63, 3.8) is 0 Å². The summed E-state index contributed by atoms with van der Waals surface area (Å²) in [5.74, 6) is -1.42. The van der Waals surface area contributed by atoms with Crippen molar-refractivity contribution in [1.29, 1.82) is 0 Å². The lowest BCUT2D eigenvalue weighted by Gasteiger charge is -2.12. The van der Waals surface area contributed by atoms with E-state index in [1.54, 1.807) is 0 Å². The number of rotatable bonds is 4. The number of halogens is 5. The molecule has 0 radical (unpaired) electrons. The average Bonchev–Trinajstić information content (AvgIpc) is 3.05. The standard InChI is InChI=1S/C18H11ClF4N6O/c19-9-7-26-16-15(9)12(3-4-25-16)30-11-2-1-8(5-10(11)20)27-14-6-13(18(21,22)23)28-17(24)29-14/h1-7H,(H,25,26)(H3,24,27,28,29). The maximum atomic E-state index is 14.6. The number of aromatic amines is 1. The minimum absolute atomic E-state index is 0.122. The summed E-state index contributed by atoms with van der Waals surface area (Å²) in [6.45, 7) is 0. The highest BCUT2D eigenvalue weighted by Crippen LogP contribution is 2.35. The van der Waals surface area contributed by atoms with Gasteiger partial charge in [0.25, 0.3) is 0 Å². The van der Waals surface area contributed by atoms with Gasteiger partial charge in [-0.2, -0.15) is 18.2 Å². The van der Waals surface area contributed by atoms with Crippen LogP contribution < -0.4 is 15.8 Å². The second-order valence-electron chi connectivity index (χ2n) is 6.04. The molecule has 0 spiro atoms. The lowest BCUT2D eigenvalue weighted by Crippen LogP contribution is -2.12. The Hall–Kier alpha value is -3.60. The van der Waals surface area contributed by atoms with Gasteiger partial charge in [-0.3, -0.25) is 0 Å². The number of nitrogens with one attached hydrogen (secondary N) is 2. The van der Waals surface area contributed by atoms with Crippen LogP contribution in [0.2, 0.25) is 5.02 Å². The number of pyridine rings is 1. The maximum Gasteiger partial charge on any atom is 0.433 e. The molecule has 30 heavy (non-hydrogen) atoms. The fourth-order valence-corrected chi connectivity index (χ4v) is 2.91. The van der Waals surface area contributed by atoms with E-state index in [4.69, 9.17) is 22.1 Å². The van der Waals surface area contributed by atoms with Crippen LogP contribution in [0, 0.1) is 5.82 Å². The van der Waals surface area contributed by atoms with Crippen LogP contribution in [-0.2, 0) is 6.18 Å². The summed E-state index contributed by atoms with van der Waals surface area (Å²) in [5, 5.41) is 3.40. The topological polar surface area (TPSA) is 102 Å². The minimum atomic E-state index is -4.70. The zero-order chi connectivity index (χ0) is 21.5. The van der Waals surface area contributed by atoms with Gasteiger partial charge in [0, 0.05) is 30.2 Å². The van der Waals surface area contributed by atoms with Crippen molar-refractivity contribution in [2.45, 2.75) is 6.18 Å². The van der Waals surface area contributed by atoms with Crippen LogP contribution in [0.25, 0.3) is 11.0 Å². The zero-order valence-corrected chi connectivity index (χ0v) is 15.5. The van der Waals surface area contributed by atoms with Crippen molar-refractivity contribution in [2.75, 3.05) is 11.1 Å². The molecule has 3 heterocycles. The highest BCUT2D eigenvalue weighted by atomic mass is 35.5. The molecule has 4 rings (SSSR count). The van der Waals surface area contributed by atoms with Crippen molar-refractivity contribution in [1.82, 2.24) is 19.9 Å². The van der Waals surface area contributed by atoms with E-state index in [-0.39, 0.29) is 23.0 Å². The fraction of sp³-hybridized carbons (Fsp3) is 0.0556. The maximum absolute atomic E-state index is 14.6. The Morgan fingerprint density at radius 3 is 2.63 bits per heavy atom. The third-order valence-electron chi connectivity index (χ3n) is 3.95. The van der Waals surface area contributed by atoms with E-state index in [2.05, 4.69) is 25.3 Å². The predicted octanol–water partition coefficient (Wildman–Crippen LogP) is 5.28. The Labute approximate surface area is 170 Å². The summed E-state index contributed by atoms with van der Waals surface area (Å²) in [5.41, 5.74) is 4.70.